The number of hydrogen-bond acceptors (Lipinski definition) is 6. The lowest BCUT2D eigenvalue weighted by molar-refractivity contribution is -0.0129. The lowest BCUT2D eigenvalue weighted by atomic mass is 10.1. The highest BCUT2D eigenvalue weighted by atomic mass is 32.2. The molecule has 3 rings (SSSR count). The zero-order chi connectivity index (χ0) is 15.3. The summed E-state index contributed by atoms with van der Waals surface area (Å²) in [6, 6.07) is 0.360. The summed E-state index contributed by atoms with van der Waals surface area (Å²) < 4.78 is 27.0. The van der Waals surface area contributed by atoms with Crippen molar-refractivity contribution in [3.63, 3.8) is 0 Å². The van der Waals surface area contributed by atoms with Crippen LogP contribution in [0.5, 0.6) is 0 Å². The molecule has 0 aromatic carbocycles. The topological polar surface area (TPSA) is 86.1 Å². The van der Waals surface area contributed by atoms with Crippen molar-refractivity contribution in [2.75, 3.05) is 0 Å². The summed E-state index contributed by atoms with van der Waals surface area (Å²) in [6.45, 7) is 5.59. The number of nitrogens with one attached hydrogen (secondary N) is 1. The van der Waals surface area contributed by atoms with Gasteiger partial charge in [0, 0.05) is 12.5 Å². The first-order valence-electron chi connectivity index (χ1n) is 7.15. The van der Waals surface area contributed by atoms with E-state index in [1.165, 1.54) is 0 Å². The molecule has 0 saturated heterocycles. The molecule has 1 fully saturated rings. The Labute approximate surface area is 124 Å². The van der Waals surface area contributed by atoms with Crippen molar-refractivity contribution in [1.29, 1.82) is 0 Å². The minimum absolute atomic E-state index is 0.107. The van der Waals surface area contributed by atoms with Crippen LogP contribution in [0.1, 0.15) is 51.3 Å². The van der Waals surface area contributed by atoms with Crippen molar-refractivity contribution in [3.8, 4) is 0 Å². The van der Waals surface area contributed by atoms with Crippen LogP contribution in [0.15, 0.2) is 11.1 Å². The number of sulfone groups is 1. The highest BCUT2D eigenvalue weighted by Crippen LogP contribution is 2.37. The maximum Gasteiger partial charge on any atom is 0.202 e. The van der Waals surface area contributed by atoms with Crippen molar-refractivity contribution in [2.24, 2.45) is 0 Å². The fraction of sp³-hybridized carbons (Fsp3) is 0.692. The van der Waals surface area contributed by atoms with Gasteiger partial charge in [0.15, 0.2) is 5.03 Å². The van der Waals surface area contributed by atoms with Gasteiger partial charge in [0.25, 0.3) is 0 Å². The average Bonchev–Trinajstić information content (AvgIpc) is 3.05. The number of hydrogen-bond donors (Lipinski definition) is 1. The Kier molecular flexibility index (Phi) is 3.32. The van der Waals surface area contributed by atoms with Crippen LogP contribution in [0.3, 0.4) is 0 Å². The van der Waals surface area contributed by atoms with Crippen LogP contribution < -0.4 is 5.48 Å². The molecule has 1 aliphatic heterocycles. The van der Waals surface area contributed by atoms with Gasteiger partial charge in [-0.1, -0.05) is 6.92 Å². The van der Waals surface area contributed by atoms with Gasteiger partial charge in [-0.2, -0.15) is 0 Å². The van der Waals surface area contributed by atoms with Crippen LogP contribution in [0, 0.1) is 0 Å². The van der Waals surface area contributed by atoms with Gasteiger partial charge in [0.1, 0.15) is 23.0 Å². The molecule has 0 unspecified atom stereocenters. The average molecular weight is 312 g/mol. The van der Waals surface area contributed by atoms with E-state index in [2.05, 4.69) is 15.7 Å². The molecular formula is C13H20N4O3S. The Morgan fingerprint density at radius 1 is 1.38 bits per heavy atom. The van der Waals surface area contributed by atoms with Crippen LogP contribution >= 0.6 is 0 Å². The third-order valence-electron chi connectivity index (χ3n) is 3.61. The number of nitrogens with zero attached hydrogens (tertiary/aromatic N) is 3. The van der Waals surface area contributed by atoms with E-state index in [1.807, 2.05) is 11.5 Å². The highest BCUT2D eigenvalue weighted by Gasteiger charge is 2.35. The lowest BCUT2D eigenvalue weighted by Crippen LogP contribution is -2.23. The van der Waals surface area contributed by atoms with Gasteiger partial charge in [-0.15, -0.1) is 10.2 Å². The summed E-state index contributed by atoms with van der Waals surface area (Å²) in [5.41, 5.74) is 1.88. The standard InChI is InChI=1S/C13H20N4O3S/c1-4-10-14-15-11(17(10)9-5-6-9)8-21(18,19)12-7-13(2,3)20-16-12/h7,9,16H,4-6,8H2,1-3H3. The second-order valence-electron chi connectivity index (χ2n) is 6.06. The fourth-order valence-corrected chi connectivity index (χ4v) is 3.74. The van der Waals surface area contributed by atoms with Gasteiger partial charge in [0.05, 0.1) is 0 Å². The van der Waals surface area contributed by atoms with Crippen molar-refractivity contribution >= 4 is 9.84 Å². The van der Waals surface area contributed by atoms with Gasteiger partial charge in [0.2, 0.25) is 9.84 Å². The van der Waals surface area contributed by atoms with E-state index in [-0.39, 0.29) is 10.8 Å². The largest absolute Gasteiger partial charge is 0.311 e. The molecule has 1 aliphatic carbocycles. The van der Waals surface area contributed by atoms with Crippen molar-refractivity contribution < 1.29 is 13.3 Å². The summed E-state index contributed by atoms with van der Waals surface area (Å²) >= 11 is 0. The van der Waals surface area contributed by atoms with Crippen LogP contribution in [-0.4, -0.2) is 28.8 Å². The minimum Gasteiger partial charge on any atom is -0.311 e. The third kappa shape index (κ3) is 2.82. The molecule has 0 atom stereocenters. The van der Waals surface area contributed by atoms with E-state index >= 15 is 0 Å². The number of hydroxylamine groups is 1. The van der Waals surface area contributed by atoms with Gasteiger partial charge < -0.3 is 4.57 Å². The summed E-state index contributed by atoms with van der Waals surface area (Å²) in [6.07, 6.45) is 4.46. The summed E-state index contributed by atoms with van der Waals surface area (Å²) in [7, 11) is -3.51. The van der Waals surface area contributed by atoms with Gasteiger partial charge in [-0.25, -0.2) is 8.42 Å². The number of aromatic nitrogens is 3. The maximum absolute atomic E-state index is 12.5. The minimum atomic E-state index is -3.51. The molecule has 1 aromatic rings. The quantitative estimate of drug-likeness (QED) is 0.880. The molecule has 2 aliphatic rings. The van der Waals surface area contributed by atoms with Gasteiger partial charge in [-0.3, -0.25) is 10.3 Å². The molecule has 0 radical (unpaired) electrons. The van der Waals surface area contributed by atoms with Crippen molar-refractivity contribution in [3.05, 3.63) is 22.8 Å². The molecule has 116 valence electrons. The Balaban J connectivity index is 1.88. The first-order chi connectivity index (χ1) is 9.82. The zero-order valence-corrected chi connectivity index (χ0v) is 13.3. The molecule has 0 spiro atoms. The Morgan fingerprint density at radius 3 is 2.57 bits per heavy atom. The first kappa shape index (κ1) is 14.5. The second kappa shape index (κ2) is 4.81. The van der Waals surface area contributed by atoms with E-state index < -0.39 is 15.4 Å². The first-order valence-corrected chi connectivity index (χ1v) is 8.80. The van der Waals surface area contributed by atoms with Gasteiger partial charge in [-0.05, 0) is 32.8 Å². The molecule has 2 heterocycles. The third-order valence-corrected chi connectivity index (χ3v) is 5.12. The van der Waals surface area contributed by atoms with Crippen LogP contribution in [0.2, 0.25) is 0 Å². The summed E-state index contributed by atoms with van der Waals surface area (Å²) in [5.74, 6) is 1.21. The predicted octanol–water partition coefficient (Wildman–Crippen LogP) is 1.24. The van der Waals surface area contributed by atoms with E-state index in [0.29, 0.717) is 11.9 Å². The molecule has 8 heteroatoms. The molecule has 1 aromatic heterocycles. The predicted molar refractivity (Wildman–Crippen MR) is 76.7 cm³/mol. The molecule has 21 heavy (non-hydrogen) atoms. The van der Waals surface area contributed by atoms with Gasteiger partial charge >= 0.3 is 0 Å². The number of aryl methyl sites for hydroxylation is 1. The van der Waals surface area contributed by atoms with Crippen LogP contribution in [0.4, 0.5) is 0 Å². The number of rotatable bonds is 5. The SMILES string of the molecule is CCc1nnc(CS(=O)(=O)C2=CC(C)(C)ON2)n1C1CC1. The van der Waals surface area contributed by atoms with E-state index in [0.717, 1.165) is 25.1 Å². The molecule has 1 saturated carbocycles. The zero-order valence-electron chi connectivity index (χ0n) is 12.5. The molecule has 0 bridgehead atoms. The summed E-state index contributed by atoms with van der Waals surface area (Å²) in [4.78, 5) is 5.23. The normalized spacial score (nSPS) is 21.2. The fourth-order valence-electron chi connectivity index (χ4n) is 2.41. The van der Waals surface area contributed by atoms with E-state index in [9.17, 15) is 8.42 Å². The monoisotopic (exact) mass is 312 g/mol. The molecule has 7 nitrogen and oxygen atoms in total. The molecule has 1 N–H and O–H groups in total. The molecule has 0 amide bonds. The van der Waals surface area contributed by atoms with E-state index in [1.54, 1.807) is 19.9 Å². The Hall–Kier alpha value is -1.41. The highest BCUT2D eigenvalue weighted by molar-refractivity contribution is 7.94. The van der Waals surface area contributed by atoms with Crippen molar-refractivity contribution in [1.82, 2.24) is 20.2 Å². The van der Waals surface area contributed by atoms with Crippen molar-refractivity contribution in [2.45, 2.75) is 57.4 Å². The van der Waals surface area contributed by atoms with Crippen LogP contribution in [0.25, 0.3) is 0 Å². The van der Waals surface area contributed by atoms with Crippen LogP contribution in [-0.2, 0) is 26.8 Å². The lowest BCUT2D eigenvalue weighted by Gasteiger charge is -2.11. The molecular weight excluding hydrogens is 292 g/mol. The Morgan fingerprint density at radius 2 is 2.05 bits per heavy atom. The Bertz CT molecular complexity index is 686. The van der Waals surface area contributed by atoms with E-state index in [4.69, 9.17) is 4.84 Å². The second-order valence-corrected chi connectivity index (χ2v) is 8.02. The summed E-state index contributed by atoms with van der Waals surface area (Å²) in [5, 5.41) is 8.30. The smallest absolute Gasteiger partial charge is 0.202 e. The maximum atomic E-state index is 12.5.